The number of hydrogen-bond acceptors (Lipinski definition) is 1. The Balaban J connectivity index is 2.17. The Morgan fingerprint density at radius 1 is 0.952 bits per heavy atom. The van der Waals surface area contributed by atoms with Crippen molar-refractivity contribution >= 4 is 37.5 Å². The molecule has 21 heavy (non-hydrogen) atoms. The van der Waals surface area contributed by atoms with Gasteiger partial charge in [0.15, 0.2) is 0 Å². The fourth-order valence-electron chi connectivity index (χ4n) is 1.68. The van der Waals surface area contributed by atoms with Crippen LogP contribution >= 0.6 is 31.9 Å². The minimum atomic E-state index is -4.50. The van der Waals surface area contributed by atoms with Crippen LogP contribution in [0.25, 0.3) is 0 Å². The van der Waals surface area contributed by atoms with Crippen molar-refractivity contribution in [3.05, 3.63) is 62.3 Å². The highest BCUT2D eigenvalue weighted by molar-refractivity contribution is 9.13. The zero-order valence-electron chi connectivity index (χ0n) is 10.4. The lowest BCUT2D eigenvalue weighted by molar-refractivity contribution is -0.137. The highest BCUT2D eigenvalue weighted by Gasteiger charge is 2.31. The maximum atomic E-state index is 13.6. The Bertz CT molecular complexity index is 656. The lowest BCUT2D eigenvalue weighted by Crippen LogP contribution is -2.08. The molecule has 0 radical (unpaired) electrons. The number of nitrogens with one attached hydrogen (secondary N) is 1. The SMILES string of the molecule is Fc1ccc(C(F)(F)F)cc1NCc1ccc(Br)c(Br)c1. The quantitative estimate of drug-likeness (QED) is 0.595. The van der Waals surface area contributed by atoms with Crippen molar-refractivity contribution in [3.8, 4) is 0 Å². The van der Waals surface area contributed by atoms with Crippen molar-refractivity contribution in [3.63, 3.8) is 0 Å². The van der Waals surface area contributed by atoms with Crippen LogP contribution in [0.4, 0.5) is 23.2 Å². The van der Waals surface area contributed by atoms with Crippen LogP contribution in [0.1, 0.15) is 11.1 Å². The molecule has 1 N–H and O–H groups in total. The maximum Gasteiger partial charge on any atom is 0.416 e. The van der Waals surface area contributed by atoms with E-state index in [4.69, 9.17) is 0 Å². The lowest BCUT2D eigenvalue weighted by atomic mass is 10.1. The second-order valence-electron chi connectivity index (χ2n) is 4.29. The summed E-state index contributed by atoms with van der Waals surface area (Å²) in [6, 6.07) is 7.67. The molecule has 2 aromatic carbocycles. The van der Waals surface area contributed by atoms with Gasteiger partial charge < -0.3 is 5.32 Å². The molecule has 0 fully saturated rings. The van der Waals surface area contributed by atoms with E-state index in [1.807, 2.05) is 0 Å². The largest absolute Gasteiger partial charge is 0.416 e. The van der Waals surface area contributed by atoms with Crippen LogP contribution < -0.4 is 5.32 Å². The first kappa shape index (κ1) is 16.3. The van der Waals surface area contributed by atoms with Gasteiger partial charge in [-0.1, -0.05) is 6.07 Å². The Kier molecular flexibility index (Phi) is 4.93. The standard InChI is InChI=1S/C14H9Br2F4N/c15-10-3-1-8(5-11(10)16)7-21-13-6-9(14(18,19)20)2-4-12(13)17/h1-6,21H,7H2. The summed E-state index contributed by atoms with van der Waals surface area (Å²) < 4.78 is 53.0. The molecule has 0 unspecified atom stereocenters. The molecule has 0 aromatic heterocycles. The molecule has 112 valence electrons. The highest BCUT2D eigenvalue weighted by Crippen LogP contribution is 2.32. The first-order valence-corrected chi connectivity index (χ1v) is 7.40. The van der Waals surface area contributed by atoms with Gasteiger partial charge in [0.2, 0.25) is 0 Å². The molecule has 7 heteroatoms. The zero-order chi connectivity index (χ0) is 15.6. The van der Waals surface area contributed by atoms with Gasteiger partial charge in [0.1, 0.15) is 5.82 Å². The van der Waals surface area contributed by atoms with E-state index >= 15 is 0 Å². The lowest BCUT2D eigenvalue weighted by Gasteiger charge is -2.12. The van der Waals surface area contributed by atoms with Crippen molar-refractivity contribution in [2.45, 2.75) is 12.7 Å². The Morgan fingerprint density at radius 3 is 2.29 bits per heavy atom. The molecule has 0 bridgehead atoms. The Hall–Kier alpha value is -1.08. The van der Waals surface area contributed by atoms with Gasteiger partial charge in [-0.05, 0) is 67.8 Å². The van der Waals surface area contributed by atoms with Crippen LogP contribution in [0.2, 0.25) is 0 Å². The van der Waals surface area contributed by atoms with Crippen molar-refractivity contribution in [1.29, 1.82) is 0 Å². The summed E-state index contributed by atoms with van der Waals surface area (Å²) in [5.74, 6) is -0.723. The monoisotopic (exact) mass is 425 g/mol. The Labute approximate surface area is 135 Å². The van der Waals surface area contributed by atoms with Crippen LogP contribution in [0.15, 0.2) is 45.3 Å². The first-order valence-electron chi connectivity index (χ1n) is 5.82. The maximum absolute atomic E-state index is 13.6. The van der Waals surface area contributed by atoms with Crippen molar-refractivity contribution in [1.82, 2.24) is 0 Å². The fraction of sp³-hybridized carbons (Fsp3) is 0.143. The van der Waals surface area contributed by atoms with E-state index in [1.54, 1.807) is 18.2 Å². The topological polar surface area (TPSA) is 12.0 Å². The summed E-state index contributed by atoms with van der Waals surface area (Å²) >= 11 is 6.64. The molecular formula is C14H9Br2F4N. The van der Waals surface area contributed by atoms with Gasteiger partial charge in [-0.3, -0.25) is 0 Å². The first-order chi connectivity index (χ1) is 9.77. The molecule has 0 heterocycles. The molecular weight excluding hydrogens is 418 g/mol. The average Bonchev–Trinajstić information content (AvgIpc) is 2.40. The van der Waals surface area contributed by atoms with Gasteiger partial charge in [0.25, 0.3) is 0 Å². The second kappa shape index (κ2) is 6.36. The molecule has 0 amide bonds. The summed E-state index contributed by atoms with van der Waals surface area (Å²) in [4.78, 5) is 0. The van der Waals surface area contributed by atoms with E-state index in [0.717, 1.165) is 32.7 Å². The third-order valence-corrected chi connectivity index (χ3v) is 4.64. The van der Waals surface area contributed by atoms with Gasteiger partial charge in [-0.15, -0.1) is 0 Å². The predicted octanol–water partition coefficient (Wildman–Crippen LogP) is 5.98. The van der Waals surface area contributed by atoms with E-state index in [9.17, 15) is 17.6 Å². The number of rotatable bonds is 3. The van der Waals surface area contributed by atoms with Gasteiger partial charge in [0.05, 0.1) is 11.3 Å². The minimum absolute atomic E-state index is 0.177. The summed E-state index contributed by atoms with van der Waals surface area (Å²) in [6.45, 7) is 0.212. The average molecular weight is 427 g/mol. The number of benzene rings is 2. The van der Waals surface area contributed by atoms with E-state index in [0.29, 0.717) is 0 Å². The summed E-state index contributed by atoms with van der Waals surface area (Å²) in [5, 5.41) is 2.68. The third kappa shape index (κ3) is 4.20. The van der Waals surface area contributed by atoms with Gasteiger partial charge >= 0.3 is 6.18 Å². The van der Waals surface area contributed by atoms with Gasteiger partial charge in [0, 0.05) is 15.5 Å². The van der Waals surface area contributed by atoms with E-state index in [2.05, 4.69) is 37.2 Å². The summed E-state index contributed by atoms with van der Waals surface area (Å²) in [5.41, 5.74) is -0.255. The van der Waals surface area contributed by atoms with E-state index in [1.165, 1.54) is 0 Å². The molecule has 0 atom stereocenters. The number of anilines is 1. The summed E-state index contributed by atoms with van der Waals surface area (Å²) in [7, 11) is 0. The molecule has 2 aromatic rings. The van der Waals surface area contributed by atoms with Crippen LogP contribution in [0.3, 0.4) is 0 Å². The molecule has 0 aliphatic heterocycles. The van der Waals surface area contributed by atoms with E-state index in [-0.39, 0.29) is 12.2 Å². The zero-order valence-corrected chi connectivity index (χ0v) is 13.6. The minimum Gasteiger partial charge on any atom is -0.379 e. The molecule has 0 saturated heterocycles. The highest BCUT2D eigenvalue weighted by atomic mass is 79.9. The fourth-order valence-corrected chi connectivity index (χ4v) is 2.36. The van der Waals surface area contributed by atoms with Crippen LogP contribution in [0.5, 0.6) is 0 Å². The van der Waals surface area contributed by atoms with Crippen LogP contribution in [0, 0.1) is 5.82 Å². The second-order valence-corrected chi connectivity index (χ2v) is 6.00. The smallest absolute Gasteiger partial charge is 0.379 e. The molecule has 1 nitrogen and oxygen atoms in total. The summed E-state index contributed by atoms with van der Waals surface area (Å²) in [6.07, 6.45) is -4.50. The number of hydrogen-bond donors (Lipinski definition) is 1. The molecule has 0 saturated carbocycles. The van der Waals surface area contributed by atoms with Crippen molar-refractivity contribution in [2.75, 3.05) is 5.32 Å². The molecule has 0 aliphatic rings. The van der Waals surface area contributed by atoms with Crippen molar-refractivity contribution in [2.24, 2.45) is 0 Å². The normalized spacial score (nSPS) is 11.5. The number of alkyl halides is 3. The van der Waals surface area contributed by atoms with Gasteiger partial charge in [-0.2, -0.15) is 13.2 Å². The van der Waals surface area contributed by atoms with Crippen LogP contribution in [-0.4, -0.2) is 0 Å². The molecule has 2 rings (SSSR count). The molecule has 0 spiro atoms. The van der Waals surface area contributed by atoms with E-state index < -0.39 is 17.6 Å². The van der Waals surface area contributed by atoms with Crippen molar-refractivity contribution < 1.29 is 17.6 Å². The number of halogens is 6. The van der Waals surface area contributed by atoms with Gasteiger partial charge in [-0.25, -0.2) is 4.39 Å². The molecule has 0 aliphatic carbocycles. The Morgan fingerprint density at radius 2 is 1.67 bits per heavy atom. The third-order valence-electron chi connectivity index (χ3n) is 2.76. The van der Waals surface area contributed by atoms with Crippen LogP contribution in [-0.2, 0) is 12.7 Å². The predicted molar refractivity (Wildman–Crippen MR) is 80.6 cm³/mol.